The first-order chi connectivity index (χ1) is 7.68. The lowest BCUT2D eigenvalue weighted by atomic mass is 9.87. The van der Waals surface area contributed by atoms with Crippen molar-refractivity contribution in [2.75, 3.05) is 6.54 Å². The summed E-state index contributed by atoms with van der Waals surface area (Å²) in [6.45, 7) is 5.03. The highest BCUT2D eigenvalue weighted by atomic mass is 32.1. The zero-order chi connectivity index (χ0) is 11.5. The Bertz CT molecular complexity index is 370. The zero-order valence-electron chi connectivity index (χ0n) is 9.95. The Balaban J connectivity index is 2.03. The van der Waals surface area contributed by atoms with Crippen molar-refractivity contribution in [2.45, 2.75) is 39.0 Å². The van der Waals surface area contributed by atoms with Gasteiger partial charge in [0.25, 0.3) is 0 Å². The molecule has 0 spiro atoms. The Hall–Kier alpha value is -0.830. The van der Waals surface area contributed by atoms with Gasteiger partial charge < -0.3 is 5.32 Å². The Kier molecular flexibility index (Phi) is 3.64. The van der Waals surface area contributed by atoms with Gasteiger partial charge >= 0.3 is 0 Å². The van der Waals surface area contributed by atoms with Crippen molar-refractivity contribution >= 4 is 17.2 Å². The molecule has 1 heterocycles. The molecule has 0 aromatic carbocycles. The third kappa shape index (κ3) is 2.46. The fourth-order valence-corrected chi connectivity index (χ4v) is 3.17. The summed E-state index contributed by atoms with van der Waals surface area (Å²) >= 11 is 1.79. The van der Waals surface area contributed by atoms with Gasteiger partial charge in [0.1, 0.15) is 0 Å². The minimum absolute atomic E-state index is 0.105. The van der Waals surface area contributed by atoms with Crippen molar-refractivity contribution in [1.82, 2.24) is 5.32 Å². The van der Waals surface area contributed by atoms with Crippen LogP contribution in [0.25, 0.3) is 0 Å². The predicted molar refractivity (Wildman–Crippen MR) is 67.8 cm³/mol. The van der Waals surface area contributed by atoms with E-state index in [0.29, 0.717) is 5.92 Å². The Morgan fingerprint density at radius 2 is 2.44 bits per heavy atom. The second-order valence-corrected chi connectivity index (χ2v) is 5.88. The Morgan fingerprint density at radius 1 is 1.62 bits per heavy atom. The van der Waals surface area contributed by atoms with Crippen LogP contribution in [0.5, 0.6) is 0 Å². The van der Waals surface area contributed by atoms with Crippen molar-refractivity contribution in [2.24, 2.45) is 5.92 Å². The SMILES string of the molecule is CC(C)CNC(=O)C1CCCc2sccc21. The van der Waals surface area contributed by atoms with E-state index in [2.05, 4.69) is 30.6 Å². The van der Waals surface area contributed by atoms with Gasteiger partial charge in [0.15, 0.2) is 0 Å². The molecule has 1 aromatic rings. The maximum absolute atomic E-state index is 12.1. The van der Waals surface area contributed by atoms with E-state index in [9.17, 15) is 4.79 Å². The molecule has 88 valence electrons. The quantitative estimate of drug-likeness (QED) is 0.860. The minimum atomic E-state index is 0.105. The summed E-state index contributed by atoms with van der Waals surface area (Å²) in [6, 6.07) is 2.12. The molecule has 1 N–H and O–H groups in total. The fraction of sp³-hybridized carbons (Fsp3) is 0.615. The number of rotatable bonds is 3. The number of amides is 1. The summed E-state index contributed by atoms with van der Waals surface area (Å²) < 4.78 is 0. The van der Waals surface area contributed by atoms with Crippen molar-refractivity contribution in [3.8, 4) is 0 Å². The van der Waals surface area contributed by atoms with Gasteiger partial charge in [0.2, 0.25) is 5.91 Å². The molecule has 1 aliphatic rings. The maximum Gasteiger partial charge on any atom is 0.227 e. The Labute approximate surface area is 101 Å². The highest BCUT2D eigenvalue weighted by Gasteiger charge is 2.26. The van der Waals surface area contributed by atoms with Crippen LogP contribution in [0.1, 0.15) is 43.0 Å². The number of carbonyl (C=O) groups excluding carboxylic acids is 1. The van der Waals surface area contributed by atoms with E-state index in [-0.39, 0.29) is 11.8 Å². The molecule has 1 unspecified atom stereocenters. The molecule has 1 amide bonds. The number of carbonyl (C=O) groups is 1. The second kappa shape index (κ2) is 5.00. The maximum atomic E-state index is 12.1. The van der Waals surface area contributed by atoms with E-state index in [1.165, 1.54) is 10.4 Å². The van der Waals surface area contributed by atoms with Gasteiger partial charge in [-0.3, -0.25) is 4.79 Å². The van der Waals surface area contributed by atoms with Crippen molar-refractivity contribution < 1.29 is 4.79 Å². The third-order valence-corrected chi connectivity index (χ3v) is 4.05. The minimum Gasteiger partial charge on any atom is -0.355 e. The van der Waals surface area contributed by atoms with Gasteiger partial charge in [0.05, 0.1) is 5.92 Å². The largest absolute Gasteiger partial charge is 0.355 e. The molecule has 0 saturated heterocycles. The molecule has 1 atom stereocenters. The summed E-state index contributed by atoms with van der Waals surface area (Å²) in [5.41, 5.74) is 1.28. The number of aryl methyl sites for hydroxylation is 1. The molecule has 0 radical (unpaired) electrons. The molecule has 0 bridgehead atoms. The van der Waals surface area contributed by atoms with Gasteiger partial charge in [0, 0.05) is 11.4 Å². The van der Waals surface area contributed by atoms with E-state index in [0.717, 1.165) is 25.8 Å². The summed E-state index contributed by atoms with van der Waals surface area (Å²) in [6.07, 6.45) is 3.31. The number of hydrogen-bond donors (Lipinski definition) is 1. The normalized spacial score (nSPS) is 19.6. The molecule has 1 aliphatic carbocycles. The standard InChI is InChI=1S/C13H19NOS/c1-9(2)8-14-13(15)11-4-3-5-12-10(11)6-7-16-12/h6-7,9,11H,3-5,8H2,1-2H3,(H,14,15). The first-order valence-corrected chi connectivity index (χ1v) is 6.90. The van der Waals surface area contributed by atoms with Crippen LogP contribution in [0.15, 0.2) is 11.4 Å². The highest BCUT2D eigenvalue weighted by Crippen LogP contribution is 2.34. The predicted octanol–water partition coefficient (Wildman–Crippen LogP) is 2.94. The fourth-order valence-electron chi connectivity index (χ4n) is 2.19. The summed E-state index contributed by atoms with van der Waals surface area (Å²) in [7, 11) is 0. The van der Waals surface area contributed by atoms with E-state index in [1.54, 1.807) is 11.3 Å². The average molecular weight is 237 g/mol. The number of nitrogens with one attached hydrogen (secondary N) is 1. The Morgan fingerprint density at radius 3 is 3.19 bits per heavy atom. The first-order valence-electron chi connectivity index (χ1n) is 6.02. The lowest BCUT2D eigenvalue weighted by Gasteiger charge is -2.22. The lowest BCUT2D eigenvalue weighted by molar-refractivity contribution is -0.123. The van der Waals surface area contributed by atoms with Crippen LogP contribution in [-0.4, -0.2) is 12.5 Å². The van der Waals surface area contributed by atoms with Crippen LogP contribution in [0.2, 0.25) is 0 Å². The molecule has 16 heavy (non-hydrogen) atoms. The number of hydrogen-bond acceptors (Lipinski definition) is 2. The number of thiophene rings is 1. The van der Waals surface area contributed by atoms with Crippen molar-refractivity contribution in [1.29, 1.82) is 0 Å². The molecular formula is C13H19NOS. The first kappa shape index (κ1) is 11.6. The van der Waals surface area contributed by atoms with E-state index in [1.807, 2.05) is 0 Å². The van der Waals surface area contributed by atoms with Crippen LogP contribution in [0.4, 0.5) is 0 Å². The summed E-state index contributed by atoms with van der Waals surface area (Å²) in [4.78, 5) is 13.5. The van der Waals surface area contributed by atoms with Crippen LogP contribution in [0.3, 0.4) is 0 Å². The summed E-state index contributed by atoms with van der Waals surface area (Å²) in [5.74, 6) is 0.844. The van der Waals surface area contributed by atoms with Crippen LogP contribution >= 0.6 is 11.3 Å². The van der Waals surface area contributed by atoms with Crippen LogP contribution in [0, 0.1) is 5.92 Å². The van der Waals surface area contributed by atoms with Crippen LogP contribution in [-0.2, 0) is 11.2 Å². The molecule has 2 rings (SSSR count). The average Bonchev–Trinajstić information content (AvgIpc) is 2.73. The highest BCUT2D eigenvalue weighted by molar-refractivity contribution is 7.10. The van der Waals surface area contributed by atoms with Gasteiger partial charge in [-0.1, -0.05) is 13.8 Å². The van der Waals surface area contributed by atoms with Gasteiger partial charge in [-0.15, -0.1) is 11.3 Å². The molecule has 0 fully saturated rings. The smallest absolute Gasteiger partial charge is 0.227 e. The lowest BCUT2D eigenvalue weighted by Crippen LogP contribution is -2.33. The topological polar surface area (TPSA) is 29.1 Å². The van der Waals surface area contributed by atoms with Crippen LogP contribution < -0.4 is 5.32 Å². The second-order valence-electron chi connectivity index (χ2n) is 4.88. The van der Waals surface area contributed by atoms with Gasteiger partial charge in [-0.2, -0.15) is 0 Å². The van der Waals surface area contributed by atoms with E-state index < -0.39 is 0 Å². The molecule has 0 saturated carbocycles. The zero-order valence-corrected chi connectivity index (χ0v) is 10.8. The number of fused-ring (bicyclic) bond motifs is 1. The van der Waals surface area contributed by atoms with Gasteiger partial charge in [-0.05, 0) is 42.2 Å². The van der Waals surface area contributed by atoms with E-state index >= 15 is 0 Å². The van der Waals surface area contributed by atoms with Crippen molar-refractivity contribution in [3.63, 3.8) is 0 Å². The molecule has 3 heteroatoms. The molecule has 2 nitrogen and oxygen atoms in total. The summed E-state index contributed by atoms with van der Waals surface area (Å²) in [5, 5.41) is 5.16. The molecular weight excluding hydrogens is 218 g/mol. The van der Waals surface area contributed by atoms with E-state index in [4.69, 9.17) is 0 Å². The molecule has 1 aromatic heterocycles. The van der Waals surface area contributed by atoms with Crippen molar-refractivity contribution in [3.05, 3.63) is 21.9 Å². The third-order valence-electron chi connectivity index (χ3n) is 3.05. The monoisotopic (exact) mass is 237 g/mol. The van der Waals surface area contributed by atoms with Gasteiger partial charge in [-0.25, -0.2) is 0 Å². The molecule has 0 aliphatic heterocycles.